The molecule has 1 atom stereocenters. The number of aromatic nitrogens is 1. The van der Waals surface area contributed by atoms with Crippen LogP contribution in [0.5, 0.6) is 0 Å². The predicted molar refractivity (Wildman–Crippen MR) is 100.0 cm³/mol. The van der Waals surface area contributed by atoms with Crippen molar-refractivity contribution in [2.24, 2.45) is 0 Å². The van der Waals surface area contributed by atoms with E-state index in [0.717, 1.165) is 17.7 Å². The lowest BCUT2D eigenvalue weighted by atomic mass is 10.1. The van der Waals surface area contributed by atoms with E-state index in [1.165, 1.54) is 6.20 Å². The lowest BCUT2D eigenvalue weighted by Gasteiger charge is -2.21. The number of carbonyl (C=O) groups excluding carboxylic acids is 2. The zero-order chi connectivity index (χ0) is 18.4. The maximum Gasteiger partial charge on any atom is 0.270 e. The highest BCUT2D eigenvalue weighted by atomic mass is 16.2. The van der Waals surface area contributed by atoms with Gasteiger partial charge >= 0.3 is 0 Å². The van der Waals surface area contributed by atoms with E-state index >= 15 is 0 Å². The van der Waals surface area contributed by atoms with Gasteiger partial charge in [-0.05, 0) is 57.0 Å². The van der Waals surface area contributed by atoms with E-state index in [1.54, 1.807) is 17.0 Å². The summed E-state index contributed by atoms with van der Waals surface area (Å²) in [5.41, 5.74) is 2.64. The minimum absolute atomic E-state index is 0.0630. The van der Waals surface area contributed by atoms with Crippen LogP contribution in [0, 0.1) is 6.92 Å². The van der Waals surface area contributed by atoms with Gasteiger partial charge in [0.05, 0.1) is 0 Å². The third kappa shape index (κ3) is 4.66. The molecule has 0 radical (unpaired) electrons. The van der Waals surface area contributed by atoms with E-state index in [9.17, 15) is 9.59 Å². The van der Waals surface area contributed by atoms with Crippen LogP contribution in [-0.4, -0.2) is 29.4 Å². The maximum absolute atomic E-state index is 12.9. The first-order valence-electron chi connectivity index (χ1n) is 8.61. The largest absolute Gasteiger partial charge is 0.348 e. The Morgan fingerprint density at radius 1 is 1.20 bits per heavy atom. The molecule has 132 valence electrons. The van der Waals surface area contributed by atoms with Gasteiger partial charge in [-0.15, -0.1) is 0 Å². The summed E-state index contributed by atoms with van der Waals surface area (Å²) in [7, 11) is 0. The van der Waals surface area contributed by atoms with Gasteiger partial charge in [-0.25, -0.2) is 0 Å². The minimum atomic E-state index is -0.261. The molecule has 5 nitrogen and oxygen atoms in total. The number of anilines is 1. The van der Waals surface area contributed by atoms with E-state index in [0.29, 0.717) is 12.1 Å². The molecule has 0 bridgehead atoms. The van der Waals surface area contributed by atoms with E-state index in [-0.39, 0.29) is 23.6 Å². The predicted octanol–water partition coefficient (Wildman–Crippen LogP) is 3.59. The Balaban J connectivity index is 2.26. The molecule has 0 fully saturated rings. The number of nitrogens with one attached hydrogen (secondary N) is 1. The molecule has 0 saturated heterocycles. The monoisotopic (exact) mass is 339 g/mol. The molecule has 0 aliphatic carbocycles. The lowest BCUT2D eigenvalue weighted by molar-refractivity contribution is 0.0934. The number of aryl methyl sites for hydroxylation is 1. The second-order valence-electron chi connectivity index (χ2n) is 6.10. The summed E-state index contributed by atoms with van der Waals surface area (Å²) in [6.07, 6.45) is 2.34. The van der Waals surface area contributed by atoms with Gasteiger partial charge in [0.15, 0.2) is 0 Å². The van der Waals surface area contributed by atoms with Crippen LogP contribution in [-0.2, 0) is 0 Å². The van der Waals surface area contributed by atoms with Crippen molar-refractivity contribution in [1.29, 1.82) is 0 Å². The molecule has 2 aromatic rings. The molecule has 0 saturated carbocycles. The average Bonchev–Trinajstić information content (AvgIpc) is 2.62. The Morgan fingerprint density at radius 3 is 2.60 bits per heavy atom. The second kappa shape index (κ2) is 8.42. The number of pyridine rings is 1. The normalized spacial score (nSPS) is 11.7. The molecule has 0 aliphatic heterocycles. The Kier molecular flexibility index (Phi) is 6.28. The first-order chi connectivity index (χ1) is 12.0. The fraction of sp³-hybridized carbons (Fsp3) is 0.350. The van der Waals surface area contributed by atoms with Crippen molar-refractivity contribution in [3.63, 3.8) is 0 Å². The number of rotatable bonds is 6. The average molecular weight is 339 g/mol. The summed E-state index contributed by atoms with van der Waals surface area (Å²) in [6.45, 7) is 8.39. The van der Waals surface area contributed by atoms with Crippen molar-refractivity contribution < 1.29 is 9.59 Å². The molecule has 0 aliphatic rings. The van der Waals surface area contributed by atoms with Crippen LogP contribution in [0.4, 0.5) is 5.69 Å². The number of hydrogen-bond acceptors (Lipinski definition) is 3. The molecule has 5 heteroatoms. The van der Waals surface area contributed by atoms with Crippen LogP contribution >= 0.6 is 0 Å². The van der Waals surface area contributed by atoms with Crippen molar-refractivity contribution in [1.82, 2.24) is 10.3 Å². The van der Waals surface area contributed by atoms with Gasteiger partial charge < -0.3 is 10.2 Å². The highest BCUT2D eigenvalue weighted by Crippen LogP contribution is 2.18. The zero-order valence-corrected chi connectivity index (χ0v) is 15.2. The van der Waals surface area contributed by atoms with Crippen LogP contribution in [0.1, 0.15) is 53.6 Å². The lowest BCUT2D eigenvalue weighted by Crippen LogP contribution is -2.33. The van der Waals surface area contributed by atoms with E-state index < -0.39 is 0 Å². The van der Waals surface area contributed by atoms with Gasteiger partial charge in [-0.1, -0.05) is 19.1 Å². The maximum atomic E-state index is 12.9. The zero-order valence-electron chi connectivity index (χ0n) is 15.2. The molecule has 2 amide bonds. The third-order valence-corrected chi connectivity index (χ3v) is 4.10. The summed E-state index contributed by atoms with van der Waals surface area (Å²) in [6, 6.07) is 11.1. The smallest absolute Gasteiger partial charge is 0.270 e. The number of hydrogen-bond donors (Lipinski definition) is 1. The van der Waals surface area contributed by atoms with Gasteiger partial charge in [0.1, 0.15) is 5.69 Å². The van der Waals surface area contributed by atoms with Crippen molar-refractivity contribution in [2.45, 2.75) is 40.2 Å². The quantitative estimate of drug-likeness (QED) is 0.875. The summed E-state index contributed by atoms with van der Waals surface area (Å²) >= 11 is 0. The standard InChI is InChI=1S/C20H25N3O2/c1-5-15(4)22-19(24)18-13-16(10-11-21-18)20(25)23(6-2)17-9-7-8-14(3)12-17/h7-13,15H,5-6H2,1-4H3,(H,22,24). The highest BCUT2D eigenvalue weighted by molar-refractivity contribution is 6.07. The Hall–Kier alpha value is -2.69. The van der Waals surface area contributed by atoms with Crippen LogP contribution in [0.3, 0.4) is 0 Å². The number of benzene rings is 1. The van der Waals surface area contributed by atoms with Gasteiger partial charge in [0.25, 0.3) is 11.8 Å². The molecule has 2 rings (SSSR count). The minimum Gasteiger partial charge on any atom is -0.348 e. The number of carbonyl (C=O) groups is 2. The topological polar surface area (TPSA) is 62.3 Å². The van der Waals surface area contributed by atoms with Crippen molar-refractivity contribution in [2.75, 3.05) is 11.4 Å². The Bertz CT molecular complexity index is 758. The summed E-state index contributed by atoms with van der Waals surface area (Å²) in [4.78, 5) is 30.9. The molecule has 1 N–H and O–H groups in total. The summed E-state index contributed by atoms with van der Waals surface area (Å²) in [5, 5.41) is 2.87. The first-order valence-corrected chi connectivity index (χ1v) is 8.61. The van der Waals surface area contributed by atoms with Crippen molar-refractivity contribution >= 4 is 17.5 Å². The summed E-state index contributed by atoms with van der Waals surface area (Å²) in [5.74, 6) is -0.407. The molecule has 1 unspecified atom stereocenters. The van der Waals surface area contributed by atoms with Gasteiger partial charge in [0.2, 0.25) is 0 Å². The number of amides is 2. The van der Waals surface area contributed by atoms with Gasteiger partial charge in [-0.3, -0.25) is 14.6 Å². The molecule has 1 aromatic carbocycles. The molecule has 1 heterocycles. The van der Waals surface area contributed by atoms with Crippen LogP contribution in [0.25, 0.3) is 0 Å². The SMILES string of the molecule is CCC(C)NC(=O)c1cc(C(=O)N(CC)c2cccc(C)c2)ccn1. The fourth-order valence-corrected chi connectivity index (χ4v) is 2.48. The van der Waals surface area contributed by atoms with Gasteiger partial charge in [0, 0.05) is 30.0 Å². The molecule has 1 aromatic heterocycles. The fourth-order valence-electron chi connectivity index (χ4n) is 2.48. The molecule has 0 spiro atoms. The van der Waals surface area contributed by atoms with Crippen LogP contribution in [0.2, 0.25) is 0 Å². The first kappa shape index (κ1) is 18.6. The van der Waals surface area contributed by atoms with Crippen LogP contribution in [0.15, 0.2) is 42.6 Å². The second-order valence-corrected chi connectivity index (χ2v) is 6.10. The van der Waals surface area contributed by atoms with Crippen LogP contribution < -0.4 is 10.2 Å². The molecular formula is C20H25N3O2. The van der Waals surface area contributed by atoms with Crippen molar-refractivity contribution in [3.8, 4) is 0 Å². The van der Waals surface area contributed by atoms with Crippen molar-refractivity contribution in [3.05, 3.63) is 59.4 Å². The highest BCUT2D eigenvalue weighted by Gasteiger charge is 2.18. The molecule has 25 heavy (non-hydrogen) atoms. The van der Waals surface area contributed by atoms with E-state index in [2.05, 4.69) is 10.3 Å². The van der Waals surface area contributed by atoms with E-state index in [4.69, 9.17) is 0 Å². The third-order valence-electron chi connectivity index (χ3n) is 4.10. The Morgan fingerprint density at radius 2 is 1.96 bits per heavy atom. The molecular weight excluding hydrogens is 314 g/mol. The summed E-state index contributed by atoms with van der Waals surface area (Å²) < 4.78 is 0. The Labute approximate surface area is 149 Å². The van der Waals surface area contributed by atoms with E-state index in [1.807, 2.05) is 52.0 Å². The number of nitrogens with zero attached hydrogens (tertiary/aromatic N) is 2. The van der Waals surface area contributed by atoms with Gasteiger partial charge in [-0.2, -0.15) is 0 Å².